The van der Waals surface area contributed by atoms with Crippen LogP contribution in [0.2, 0.25) is 10.2 Å². The van der Waals surface area contributed by atoms with Crippen molar-refractivity contribution in [3.63, 3.8) is 0 Å². The Morgan fingerprint density at radius 1 is 1.31 bits per heavy atom. The summed E-state index contributed by atoms with van der Waals surface area (Å²) in [5.41, 5.74) is 1.87. The fourth-order valence-corrected chi connectivity index (χ4v) is 5.18. The summed E-state index contributed by atoms with van der Waals surface area (Å²) in [6, 6.07) is 1.56. The molecule has 10 heteroatoms. The Hall–Kier alpha value is -2.32. The van der Waals surface area contributed by atoms with E-state index in [1.165, 1.54) is 0 Å². The van der Waals surface area contributed by atoms with Gasteiger partial charge in [-0.05, 0) is 30.4 Å². The van der Waals surface area contributed by atoms with Crippen molar-refractivity contribution in [3.8, 4) is 0 Å². The van der Waals surface area contributed by atoms with Crippen LogP contribution in [0.1, 0.15) is 40.5 Å². The lowest BCUT2D eigenvalue weighted by Gasteiger charge is -2.44. The number of carbonyl (C=O) groups excluding carboxylic acids is 2. The highest BCUT2D eigenvalue weighted by atomic mass is 35.5. The van der Waals surface area contributed by atoms with E-state index in [9.17, 15) is 9.59 Å². The summed E-state index contributed by atoms with van der Waals surface area (Å²) in [5.74, 6) is 0.198. The van der Waals surface area contributed by atoms with Gasteiger partial charge in [0.25, 0.3) is 5.91 Å². The molecular weight excluding hydrogens is 417 g/mol. The van der Waals surface area contributed by atoms with Crippen LogP contribution in [0.15, 0.2) is 18.5 Å². The van der Waals surface area contributed by atoms with Gasteiger partial charge in [-0.25, -0.2) is 9.78 Å². The SMILES string of the molecule is Cn1ncc(Cl)c1CC1c2cc(Cl)ncc2C(=O)N1CC1CC2(CNC(=O)O2)C1. The number of fused-ring (bicyclic) bond motifs is 1. The highest BCUT2D eigenvalue weighted by Crippen LogP contribution is 2.46. The molecule has 2 amide bonds. The summed E-state index contributed by atoms with van der Waals surface area (Å²) >= 11 is 12.5. The minimum atomic E-state index is -0.414. The Kier molecular flexibility index (Phi) is 4.25. The molecule has 1 spiro atoms. The zero-order chi connectivity index (χ0) is 20.3. The molecule has 0 aromatic carbocycles. The summed E-state index contributed by atoms with van der Waals surface area (Å²) in [6.07, 6.45) is 4.80. The fraction of sp³-hybridized carbons (Fsp3) is 0.474. The minimum Gasteiger partial charge on any atom is -0.441 e. The molecule has 1 unspecified atom stereocenters. The number of pyridine rings is 1. The van der Waals surface area contributed by atoms with E-state index in [0.717, 1.165) is 24.1 Å². The standard InChI is InChI=1S/C19H19Cl2N5O3/c1-25-15(13(20)7-24-25)3-14-11-2-16(21)22-6-12(11)17(27)26(14)8-10-4-19(5-10)9-23-18(28)29-19/h2,6-7,10,14H,3-5,8-9H2,1H3,(H,23,28). The van der Waals surface area contributed by atoms with Gasteiger partial charge in [0.1, 0.15) is 10.8 Å². The van der Waals surface area contributed by atoms with Gasteiger partial charge in [0, 0.05) is 26.2 Å². The van der Waals surface area contributed by atoms with Crippen molar-refractivity contribution in [3.05, 3.63) is 45.5 Å². The maximum absolute atomic E-state index is 13.1. The number of carbonyl (C=O) groups is 2. The molecular formula is C19H19Cl2N5O3. The van der Waals surface area contributed by atoms with Gasteiger partial charge in [-0.3, -0.25) is 9.48 Å². The number of aryl methyl sites for hydroxylation is 1. The lowest BCUT2D eigenvalue weighted by molar-refractivity contribution is -0.0555. The molecule has 1 saturated carbocycles. The maximum Gasteiger partial charge on any atom is 0.407 e. The number of hydrogen-bond acceptors (Lipinski definition) is 5. The van der Waals surface area contributed by atoms with Gasteiger partial charge in [-0.1, -0.05) is 23.2 Å². The van der Waals surface area contributed by atoms with Gasteiger partial charge < -0.3 is 15.0 Å². The van der Waals surface area contributed by atoms with E-state index < -0.39 is 5.60 Å². The zero-order valence-electron chi connectivity index (χ0n) is 15.7. The van der Waals surface area contributed by atoms with Crippen LogP contribution in [0, 0.1) is 5.92 Å². The maximum atomic E-state index is 13.1. The average molecular weight is 436 g/mol. The van der Waals surface area contributed by atoms with Crippen molar-refractivity contribution in [2.45, 2.75) is 30.9 Å². The van der Waals surface area contributed by atoms with Crippen LogP contribution in [0.5, 0.6) is 0 Å². The largest absolute Gasteiger partial charge is 0.441 e. The van der Waals surface area contributed by atoms with Gasteiger partial charge in [-0.2, -0.15) is 5.10 Å². The number of amides is 2. The molecule has 1 saturated heterocycles. The Morgan fingerprint density at radius 3 is 2.76 bits per heavy atom. The topological polar surface area (TPSA) is 89.4 Å². The first-order valence-electron chi connectivity index (χ1n) is 9.45. The summed E-state index contributed by atoms with van der Waals surface area (Å²) in [4.78, 5) is 30.5. The van der Waals surface area contributed by atoms with Gasteiger partial charge in [0.05, 0.1) is 35.1 Å². The van der Waals surface area contributed by atoms with Crippen LogP contribution in [-0.4, -0.2) is 50.4 Å². The smallest absolute Gasteiger partial charge is 0.407 e. The number of rotatable bonds is 4. The van der Waals surface area contributed by atoms with Crippen molar-refractivity contribution in [1.29, 1.82) is 0 Å². The second-order valence-corrected chi connectivity index (χ2v) is 8.83. The predicted octanol–water partition coefficient (Wildman–Crippen LogP) is 2.75. The van der Waals surface area contributed by atoms with Crippen molar-refractivity contribution < 1.29 is 14.3 Å². The molecule has 8 nitrogen and oxygen atoms in total. The summed E-state index contributed by atoms with van der Waals surface area (Å²) in [5, 5.41) is 7.85. The monoisotopic (exact) mass is 435 g/mol. The molecule has 2 aromatic heterocycles. The van der Waals surface area contributed by atoms with Crippen LogP contribution in [0.3, 0.4) is 0 Å². The number of alkyl carbamates (subject to hydrolysis) is 1. The number of nitrogens with zero attached hydrogens (tertiary/aromatic N) is 4. The Bertz CT molecular complexity index is 998. The van der Waals surface area contributed by atoms with Crippen LogP contribution >= 0.6 is 23.2 Å². The van der Waals surface area contributed by atoms with Crippen molar-refractivity contribution >= 4 is 35.2 Å². The highest BCUT2D eigenvalue weighted by molar-refractivity contribution is 6.31. The third-order valence-electron chi connectivity index (χ3n) is 6.17. The fourth-order valence-electron chi connectivity index (χ4n) is 4.77. The first-order valence-corrected chi connectivity index (χ1v) is 10.2. The van der Waals surface area contributed by atoms with E-state index >= 15 is 0 Å². The van der Waals surface area contributed by atoms with Gasteiger partial charge in [0.2, 0.25) is 0 Å². The molecule has 3 aliphatic rings. The summed E-state index contributed by atoms with van der Waals surface area (Å²) < 4.78 is 7.15. The highest BCUT2D eigenvalue weighted by Gasteiger charge is 2.52. The lowest BCUT2D eigenvalue weighted by atomic mass is 9.70. The summed E-state index contributed by atoms with van der Waals surface area (Å²) in [6.45, 7) is 1.11. The van der Waals surface area contributed by atoms with Gasteiger partial charge in [-0.15, -0.1) is 0 Å². The molecule has 2 aromatic rings. The Labute approximate surface area is 177 Å². The molecule has 1 N–H and O–H groups in total. The molecule has 1 aliphatic carbocycles. The average Bonchev–Trinajstić information content (AvgIpc) is 3.27. The molecule has 4 heterocycles. The molecule has 0 radical (unpaired) electrons. The first-order chi connectivity index (χ1) is 13.8. The molecule has 5 rings (SSSR count). The van der Waals surface area contributed by atoms with Gasteiger partial charge >= 0.3 is 6.09 Å². The second kappa shape index (κ2) is 6.60. The third-order valence-corrected chi connectivity index (χ3v) is 6.69. The van der Waals surface area contributed by atoms with Crippen LogP contribution < -0.4 is 5.32 Å². The van der Waals surface area contributed by atoms with Crippen LogP contribution in [0.4, 0.5) is 4.79 Å². The van der Waals surface area contributed by atoms with Gasteiger partial charge in [0.15, 0.2) is 0 Å². The number of halogens is 2. The third kappa shape index (κ3) is 3.05. The van der Waals surface area contributed by atoms with E-state index in [1.54, 1.807) is 23.1 Å². The van der Waals surface area contributed by atoms with E-state index in [-0.39, 0.29) is 24.0 Å². The molecule has 152 valence electrons. The number of hydrogen-bond donors (Lipinski definition) is 1. The minimum absolute atomic E-state index is 0.0602. The number of ether oxygens (including phenoxy) is 1. The zero-order valence-corrected chi connectivity index (χ0v) is 17.2. The predicted molar refractivity (Wildman–Crippen MR) is 105 cm³/mol. The van der Waals surface area contributed by atoms with Crippen molar-refractivity contribution in [2.24, 2.45) is 13.0 Å². The molecule has 29 heavy (non-hydrogen) atoms. The van der Waals surface area contributed by atoms with Crippen molar-refractivity contribution in [2.75, 3.05) is 13.1 Å². The van der Waals surface area contributed by atoms with E-state index in [0.29, 0.717) is 35.2 Å². The lowest BCUT2D eigenvalue weighted by Crippen LogP contribution is -2.51. The molecule has 1 atom stereocenters. The summed E-state index contributed by atoms with van der Waals surface area (Å²) in [7, 11) is 1.83. The van der Waals surface area contributed by atoms with Crippen LogP contribution in [0.25, 0.3) is 0 Å². The van der Waals surface area contributed by atoms with E-state index in [2.05, 4.69) is 15.4 Å². The van der Waals surface area contributed by atoms with Crippen molar-refractivity contribution in [1.82, 2.24) is 25.0 Å². The van der Waals surface area contributed by atoms with E-state index in [4.69, 9.17) is 27.9 Å². The Balaban J connectivity index is 1.40. The van der Waals surface area contributed by atoms with E-state index in [1.807, 2.05) is 11.9 Å². The molecule has 2 fully saturated rings. The first kappa shape index (κ1) is 18.7. The second-order valence-electron chi connectivity index (χ2n) is 8.03. The molecule has 0 bridgehead atoms. The normalized spacial score (nSPS) is 27.8. The Morgan fingerprint density at radius 2 is 2.10 bits per heavy atom. The molecule has 2 aliphatic heterocycles. The quantitative estimate of drug-likeness (QED) is 0.745. The number of nitrogens with one attached hydrogen (secondary N) is 1. The van der Waals surface area contributed by atoms with Crippen LogP contribution in [-0.2, 0) is 18.2 Å². The number of aromatic nitrogens is 3.